The lowest BCUT2D eigenvalue weighted by Crippen LogP contribution is -2.46. The molecule has 2 aromatic heterocycles. The average molecular weight is 538 g/mol. The van der Waals surface area contributed by atoms with E-state index in [1.165, 1.54) is 21.9 Å². The van der Waals surface area contributed by atoms with E-state index in [4.69, 9.17) is 4.52 Å². The number of aromatic nitrogens is 3. The van der Waals surface area contributed by atoms with Gasteiger partial charge in [-0.3, -0.25) is 19.9 Å². The zero-order chi connectivity index (χ0) is 27.9. The lowest BCUT2D eigenvalue weighted by Gasteiger charge is -2.35. The summed E-state index contributed by atoms with van der Waals surface area (Å²) in [5.41, 5.74) is 1.87. The summed E-state index contributed by atoms with van der Waals surface area (Å²) in [6.07, 6.45) is -2.97. The summed E-state index contributed by atoms with van der Waals surface area (Å²) in [4.78, 5) is 37.7. The fourth-order valence-corrected chi connectivity index (χ4v) is 4.11. The first-order chi connectivity index (χ1) is 18.5. The normalized spacial score (nSPS) is 13.3. The summed E-state index contributed by atoms with van der Waals surface area (Å²) < 4.78 is 44.3. The standard InChI is InChI=1S/C26H22F3N7O3/c1-14-7-8-19(31-23(37)16-5-4-6-18(10-16)26(27,28)29)11-20(14)36-13-17-12-30-24(32-21-9-15(2)34-39-21)33-22(17)35(3)25(36)38/h4-12H,13H2,1-3H3,(H,31,37)(H,30,32,33). The molecule has 0 fully saturated rings. The topological polar surface area (TPSA) is 116 Å². The zero-order valence-electron chi connectivity index (χ0n) is 21.0. The van der Waals surface area contributed by atoms with Crippen LogP contribution in [0.1, 0.15) is 32.7 Å². The van der Waals surface area contributed by atoms with Crippen molar-refractivity contribution in [1.29, 1.82) is 0 Å². The molecule has 10 nitrogen and oxygen atoms in total. The van der Waals surface area contributed by atoms with Crippen molar-refractivity contribution in [3.8, 4) is 0 Å². The quantitative estimate of drug-likeness (QED) is 0.337. The van der Waals surface area contributed by atoms with E-state index in [-0.39, 0.29) is 24.1 Å². The molecule has 200 valence electrons. The molecule has 0 saturated carbocycles. The molecule has 0 unspecified atom stereocenters. The Bertz CT molecular complexity index is 1590. The van der Waals surface area contributed by atoms with E-state index in [0.29, 0.717) is 34.3 Å². The van der Waals surface area contributed by atoms with E-state index in [1.54, 1.807) is 51.4 Å². The number of halogens is 3. The van der Waals surface area contributed by atoms with Gasteiger partial charge in [0, 0.05) is 36.1 Å². The Labute approximate surface area is 220 Å². The number of hydrogen-bond donors (Lipinski definition) is 2. The van der Waals surface area contributed by atoms with E-state index in [0.717, 1.165) is 17.7 Å². The highest BCUT2D eigenvalue weighted by atomic mass is 19.4. The maximum absolute atomic E-state index is 13.3. The van der Waals surface area contributed by atoms with Gasteiger partial charge in [-0.2, -0.15) is 18.2 Å². The number of carbonyl (C=O) groups is 2. The van der Waals surface area contributed by atoms with Crippen molar-refractivity contribution in [3.63, 3.8) is 0 Å². The SMILES string of the molecule is Cc1cc(Nc2ncc3c(n2)N(C)C(=O)N(c2cc(NC(=O)c4cccc(C(F)(F)F)c4)ccc2C)C3)on1. The Balaban J connectivity index is 1.38. The molecular formula is C26H22F3N7O3. The average Bonchev–Trinajstić information content (AvgIpc) is 3.31. The highest BCUT2D eigenvalue weighted by Gasteiger charge is 2.32. The molecule has 2 aromatic carbocycles. The van der Waals surface area contributed by atoms with Crippen LogP contribution >= 0.6 is 0 Å². The Morgan fingerprint density at radius 1 is 1.10 bits per heavy atom. The van der Waals surface area contributed by atoms with Crippen LogP contribution in [0.5, 0.6) is 0 Å². The van der Waals surface area contributed by atoms with E-state index in [1.807, 2.05) is 0 Å². The highest BCUT2D eigenvalue weighted by molar-refractivity contribution is 6.07. The third kappa shape index (κ3) is 5.23. The van der Waals surface area contributed by atoms with E-state index in [2.05, 4.69) is 25.8 Å². The van der Waals surface area contributed by atoms with Crippen molar-refractivity contribution in [2.75, 3.05) is 27.5 Å². The second-order valence-corrected chi connectivity index (χ2v) is 8.96. The van der Waals surface area contributed by atoms with Crippen LogP contribution in [0.25, 0.3) is 0 Å². The number of nitrogens with zero attached hydrogens (tertiary/aromatic N) is 5. The van der Waals surface area contributed by atoms with Crippen LogP contribution in [0.15, 0.2) is 59.3 Å². The number of alkyl halides is 3. The number of nitrogens with one attached hydrogen (secondary N) is 2. The maximum Gasteiger partial charge on any atom is 0.416 e. The molecular weight excluding hydrogens is 515 g/mol. The summed E-state index contributed by atoms with van der Waals surface area (Å²) >= 11 is 0. The summed E-state index contributed by atoms with van der Waals surface area (Å²) in [7, 11) is 1.58. The van der Waals surface area contributed by atoms with Gasteiger partial charge in [0.15, 0.2) is 0 Å². The van der Waals surface area contributed by atoms with Gasteiger partial charge < -0.3 is 9.84 Å². The molecule has 0 saturated heterocycles. The molecule has 0 spiro atoms. The number of amides is 3. The number of aryl methyl sites for hydroxylation is 2. The van der Waals surface area contributed by atoms with Crippen molar-refractivity contribution in [2.24, 2.45) is 0 Å². The first kappa shape index (κ1) is 25.7. The second kappa shape index (κ2) is 9.74. The van der Waals surface area contributed by atoms with Gasteiger partial charge in [0.2, 0.25) is 11.8 Å². The van der Waals surface area contributed by atoms with Gasteiger partial charge in [-0.1, -0.05) is 17.3 Å². The molecule has 4 aromatic rings. The number of fused-ring (bicyclic) bond motifs is 1. The van der Waals surface area contributed by atoms with Crippen LogP contribution < -0.4 is 20.4 Å². The minimum Gasteiger partial charge on any atom is -0.338 e. The lowest BCUT2D eigenvalue weighted by atomic mass is 10.1. The number of hydrogen-bond acceptors (Lipinski definition) is 7. The molecule has 0 aliphatic carbocycles. The zero-order valence-corrected chi connectivity index (χ0v) is 21.0. The van der Waals surface area contributed by atoms with Crippen LogP contribution in [0, 0.1) is 13.8 Å². The van der Waals surface area contributed by atoms with E-state index >= 15 is 0 Å². The summed E-state index contributed by atoms with van der Waals surface area (Å²) in [6, 6.07) is 10.4. The summed E-state index contributed by atoms with van der Waals surface area (Å²) in [6.45, 7) is 3.74. The van der Waals surface area contributed by atoms with Crippen molar-refractivity contribution in [3.05, 3.63) is 82.7 Å². The monoisotopic (exact) mass is 537 g/mol. The number of carbonyl (C=O) groups excluding carboxylic acids is 2. The number of urea groups is 1. The Kier molecular flexibility index (Phi) is 6.42. The third-order valence-corrected chi connectivity index (χ3v) is 6.08. The van der Waals surface area contributed by atoms with E-state index < -0.39 is 17.6 Å². The molecule has 0 atom stereocenters. The van der Waals surface area contributed by atoms with Crippen LogP contribution in [0.2, 0.25) is 0 Å². The molecule has 1 aliphatic rings. The Morgan fingerprint density at radius 3 is 2.62 bits per heavy atom. The predicted octanol–water partition coefficient (Wildman–Crippen LogP) is 5.67. The van der Waals surface area contributed by atoms with Crippen molar-refractivity contribution >= 4 is 41.0 Å². The highest BCUT2D eigenvalue weighted by Crippen LogP contribution is 2.34. The van der Waals surface area contributed by atoms with Crippen molar-refractivity contribution in [1.82, 2.24) is 15.1 Å². The second-order valence-electron chi connectivity index (χ2n) is 8.96. The van der Waals surface area contributed by atoms with Crippen molar-refractivity contribution in [2.45, 2.75) is 26.6 Å². The first-order valence-corrected chi connectivity index (χ1v) is 11.7. The molecule has 5 rings (SSSR count). The minimum absolute atomic E-state index is 0.142. The van der Waals surface area contributed by atoms with Gasteiger partial charge in [-0.05, 0) is 49.7 Å². The predicted molar refractivity (Wildman–Crippen MR) is 137 cm³/mol. The fraction of sp³-hybridized carbons (Fsp3) is 0.192. The van der Waals surface area contributed by atoms with Crippen LogP contribution in [0.3, 0.4) is 0 Å². The smallest absolute Gasteiger partial charge is 0.338 e. The molecule has 1 aliphatic heterocycles. The van der Waals surface area contributed by atoms with Gasteiger partial charge in [0.25, 0.3) is 5.91 Å². The van der Waals surface area contributed by atoms with Gasteiger partial charge in [-0.15, -0.1) is 0 Å². The molecule has 13 heteroatoms. The maximum atomic E-state index is 13.3. The molecule has 0 bridgehead atoms. The van der Waals surface area contributed by atoms with Crippen molar-refractivity contribution < 1.29 is 27.3 Å². The van der Waals surface area contributed by atoms with Gasteiger partial charge in [0.1, 0.15) is 5.82 Å². The minimum atomic E-state index is -4.57. The van der Waals surface area contributed by atoms with Crippen LogP contribution in [-0.2, 0) is 12.7 Å². The fourth-order valence-electron chi connectivity index (χ4n) is 4.11. The van der Waals surface area contributed by atoms with Crippen LogP contribution in [-0.4, -0.2) is 34.1 Å². The van der Waals surface area contributed by atoms with E-state index in [9.17, 15) is 22.8 Å². The number of rotatable bonds is 5. The summed E-state index contributed by atoms with van der Waals surface area (Å²) in [5.74, 6) is 0.294. The molecule has 2 N–H and O–H groups in total. The number of anilines is 5. The molecule has 3 amide bonds. The molecule has 0 radical (unpaired) electrons. The third-order valence-electron chi connectivity index (χ3n) is 6.08. The lowest BCUT2D eigenvalue weighted by molar-refractivity contribution is -0.137. The van der Waals surface area contributed by atoms with Gasteiger partial charge in [0.05, 0.1) is 23.5 Å². The first-order valence-electron chi connectivity index (χ1n) is 11.7. The molecule has 3 heterocycles. The Hall–Kier alpha value is -4.94. The van der Waals surface area contributed by atoms with Gasteiger partial charge >= 0.3 is 12.2 Å². The van der Waals surface area contributed by atoms with Gasteiger partial charge in [-0.25, -0.2) is 9.78 Å². The molecule has 39 heavy (non-hydrogen) atoms. The largest absolute Gasteiger partial charge is 0.416 e. The van der Waals surface area contributed by atoms with Crippen LogP contribution in [0.4, 0.5) is 47.0 Å². The summed E-state index contributed by atoms with van der Waals surface area (Å²) in [5, 5.41) is 9.32. The Morgan fingerprint density at radius 2 is 1.90 bits per heavy atom. The number of benzene rings is 2.